The van der Waals surface area contributed by atoms with Gasteiger partial charge in [-0.3, -0.25) is 4.79 Å². The molecule has 0 radical (unpaired) electrons. The zero-order valence-corrected chi connectivity index (χ0v) is 18.7. The zero-order valence-electron chi connectivity index (χ0n) is 17.2. The first kappa shape index (κ1) is 22.4. The van der Waals surface area contributed by atoms with Crippen molar-refractivity contribution in [2.75, 3.05) is 13.2 Å². The van der Waals surface area contributed by atoms with Gasteiger partial charge in [-0.15, -0.1) is 0 Å². The number of hydrogen-bond acceptors (Lipinski definition) is 5. The summed E-state index contributed by atoms with van der Waals surface area (Å²) >= 11 is 7.59. The van der Waals surface area contributed by atoms with E-state index in [2.05, 4.69) is 11.9 Å². The maximum Gasteiger partial charge on any atom is 0.270 e. The SMILES string of the molecule is C=C(S/C=C\N)C(C)(C)NC(=O)c1ccc(C2CCOC2)c(-c2cccc(Cl)c2)n1. The van der Waals surface area contributed by atoms with E-state index < -0.39 is 5.54 Å². The average molecular weight is 444 g/mol. The van der Waals surface area contributed by atoms with Gasteiger partial charge in [0, 0.05) is 34.2 Å². The predicted octanol–water partition coefficient (Wildman–Crippen LogP) is 5.09. The van der Waals surface area contributed by atoms with Gasteiger partial charge in [0.25, 0.3) is 5.91 Å². The second-order valence-electron chi connectivity index (χ2n) is 7.65. The molecule has 1 aromatic carbocycles. The molecule has 1 fully saturated rings. The van der Waals surface area contributed by atoms with Gasteiger partial charge in [-0.25, -0.2) is 4.98 Å². The predicted molar refractivity (Wildman–Crippen MR) is 124 cm³/mol. The molecular weight excluding hydrogens is 418 g/mol. The molecule has 1 unspecified atom stereocenters. The van der Waals surface area contributed by atoms with E-state index in [9.17, 15) is 4.79 Å². The van der Waals surface area contributed by atoms with Gasteiger partial charge in [-0.1, -0.05) is 48.1 Å². The molecule has 1 aliphatic rings. The summed E-state index contributed by atoms with van der Waals surface area (Å²) in [6.07, 6.45) is 2.37. The standard InChI is InChI=1S/C23H26ClN3O2S/c1-15(30-12-10-25)23(2,3)27-22(28)20-8-7-19(17-9-11-29-14-17)21(26-20)16-5-4-6-18(24)13-16/h4-8,10,12-13,17H,1,9,11,14,25H2,2-3H3,(H,27,28)/b12-10-. The van der Waals surface area contributed by atoms with Crippen molar-refractivity contribution in [1.82, 2.24) is 10.3 Å². The molecule has 0 saturated carbocycles. The minimum atomic E-state index is -0.642. The molecule has 7 heteroatoms. The van der Waals surface area contributed by atoms with Crippen molar-refractivity contribution in [1.29, 1.82) is 0 Å². The second kappa shape index (κ2) is 9.69. The number of thioether (sulfide) groups is 1. The van der Waals surface area contributed by atoms with Crippen LogP contribution in [0.25, 0.3) is 11.3 Å². The van der Waals surface area contributed by atoms with Crippen molar-refractivity contribution in [3.05, 3.63) is 75.8 Å². The lowest BCUT2D eigenvalue weighted by molar-refractivity contribution is 0.0921. The van der Waals surface area contributed by atoms with E-state index in [-0.39, 0.29) is 11.8 Å². The largest absolute Gasteiger partial charge is 0.404 e. The van der Waals surface area contributed by atoms with Gasteiger partial charge in [-0.05, 0) is 49.4 Å². The fraction of sp³-hybridized carbons (Fsp3) is 0.304. The Kier molecular flexibility index (Phi) is 7.23. The van der Waals surface area contributed by atoms with Crippen LogP contribution in [0.4, 0.5) is 0 Å². The van der Waals surface area contributed by atoms with E-state index in [0.29, 0.717) is 17.3 Å². The van der Waals surface area contributed by atoms with Crippen LogP contribution in [-0.2, 0) is 4.74 Å². The molecule has 1 aromatic heterocycles. The van der Waals surface area contributed by atoms with E-state index in [4.69, 9.17) is 27.1 Å². The lowest BCUT2D eigenvalue weighted by Crippen LogP contribution is -2.44. The number of carbonyl (C=O) groups is 1. The van der Waals surface area contributed by atoms with Crippen LogP contribution in [-0.4, -0.2) is 29.6 Å². The van der Waals surface area contributed by atoms with Crippen molar-refractivity contribution in [2.24, 2.45) is 5.73 Å². The summed E-state index contributed by atoms with van der Waals surface area (Å²) in [5, 5.41) is 5.36. The summed E-state index contributed by atoms with van der Waals surface area (Å²) in [6.45, 7) is 9.22. The summed E-state index contributed by atoms with van der Waals surface area (Å²) in [5.74, 6) is -0.0183. The Morgan fingerprint density at radius 2 is 2.20 bits per heavy atom. The van der Waals surface area contributed by atoms with Crippen LogP contribution in [0, 0.1) is 0 Å². The average Bonchev–Trinajstić information content (AvgIpc) is 3.25. The molecule has 3 rings (SSSR count). The number of halogens is 1. The monoisotopic (exact) mass is 443 g/mol. The number of carbonyl (C=O) groups excluding carboxylic acids is 1. The summed E-state index contributed by atoms with van der Waals surface area (Å²) in [6, 6.07) is 11.3. The first-order chi connectivity index (χ1) is 14.3. The van der Waals surface area contributed by atoms with Gasteiger partial charge < -0.3 is 15.8 Å². The third kappa shape index (κ3) is 5.25. The van der Waals surface area contributed by atoms with Gasteiger partial charge in [0.15, 0.2) is 0 Å². The first-order valence-corrected chi connectivity index (χ1v) is 11.0. The summed E-state index contributed by atoms with van der Waals surface area (Å²) < 4.78 is 5.57. The number of pyridine rings is 1. The Bertz CT molecular complexity index is 969. The highest BCUT2D eigenvalue weighted by Gasteiger charge is 2.27. The van der Waals surface area contributed by atoms with Crippen molar-refractivity contribution in [3.8, 4) is 11.3 Å². The molecule has 0 spiro atoms. The number of nitrogens with two attached hydrogens (primary N) is 1. The number of benzene rings is 1. The quantitative estimate of drug-likeness (QED) is 0.623. The molecule has 2 aromatic rings. The van der Waals surface area contributed by atoms with E-state index in [1.54, 1.807) is 11.5 Å². The fourth-order valence-corrected chi connectivity index (χ4v) is 4.04. The van der Waals surface area contributed by atoms with Crippen LogP contribution >= 0.6 is 23.4 Å². The maximum absolute atomic E-state index is 13.0. The van der Waals surface area contributed by atoms with Crippen molar-refractivity contribution in [2.45, 2.75) is 31.7 Å². The normalized spacial score (nSPS) is 16.7. The maximum atomic E-state index is 13.0. The molecule has 158 valence electrons. The Morgan fingerprint density at radius 1 is 1.40 bits per heavy atom. The highest BCUT2D eigenvalue weighted by Crippen LogP contribution is 2.34. The number of nitrogens with one attached hydrogen (secondary N) is 1. The molecule has 3 N–H and O–H groups in total. The van der Waals surface area contributed by atoms with Crippen molar-refractivity contribution in [3.63, 3.8) is 0 Å². The van der Waals surface area contributed by atoms with Gasteiger partial charge in [-0.2, -0.15) is 0 Å². The molecule has 2 heterocycles. The van der Waals surface area contributed by atoms with E-state index in [1.165, 1.54) is 18.0 Å². The van der Waals surface area contributed by atoms with Crippen LogP contribution in [0.5, 0.6) is 0 Å². The Morgan fingerprint density at radius 3 is 2.87 bits per heavy atom. The first-order valence-electron chi connectivity index (χ1n) is 9.71. The zero-order chi connectivity index (χ0) is 21.7. The molecule has 1 amide bonds. The molecule has 0 aliphatic carbocycles. The Balaban J connectivity index is 1.93. The lowest BCUT2D eigenvalue weighted by atomic mass is 9.93. The van der Waals surface area contributed by atoms with Crippen LogP contribution in [0.3, 0.4) is 0 Å². The molecule has 1 atom stereocenters. The lowest BCUT2D eigenvalue weighted by Gasteiger charge is -2.27. The van der Waals surface area contributed by atoms with Crippen molar-refractivity contribution < 1.29 is 9.53 Å². The molecule has 30 heavy (non-hydrogen) atoms. The van der Waals surface area contributed by atoms with Crippen LogP contribution in [0.2, 0.25) is 5.02 Å². The Hall–Kier alpha value is -2.28. The summed E-state index contributed by atoms with van der Waals surface area (Å²) in [4.78, 5) is 18.5. The highest BCUT2D eigenvalue weighted by atomic mass is 35.5. The van der Waals surface area contributed by atoms with E-state index in [1.807, 2.05) is 44.2 Å². The number of aromatic nitrogens is 1. The topological polar surface area (TPSA) is 77.2 Å². The highest BCUT2D eigenvalue weighted by molar-refractivity contribution is 8.05. The molecular formula is C23H26ClN3O2S. The van der Waals surface area contributed by atoms with Gasteiger partial charge >= 0.3 is 0 Å². The van der Waals surface area contributed by atoms with Crippen LogP contribution < -0.4 is 11.1 Å². The number of nitrogens with zero attached hydrogens (tertiary/aromatic N) is 1. The summed E-state index contributed by atoms with van der Waals surface area (Å²) in [7, 11) is 0. The number of hydrogen-bond donors (Lipinski definition) is 2. The van der Waals surface area contributed by atoms with Crippen molar-refractivity contribution >= 4 is 29.3 Å². The third-order valence-electron chi connectivity index (χ3n) is 5.04. The second-order valence-corrected chi connectivity index (χ2v) is 9.09. The van der Waals surface area contributed by atoms with Gasteiger partial charge in [0.05, 0.1) is 17.8 Å². The minimum Gasteiger partial charge on any atom is -0.404 e. The van der Waals surface area contributed by atoms with Gasteiger partial charge in [0.2, 0.25) is 0 Å². The molecule has 1 saturated heterocycles. The van der Waals surface area contributed by atoms with E-state index >= 15 is 0 Å². The number of amides is 1. The number of rotatable bonds is 7. The molecule has 5 nitrogen and oxygen atoms in total. The Labute approximate surface area is 186 Å². The van der Waals surface area contributed by atoms with Crippen LogP contribution in [0.1, 0.15) is 42.2 Å². The number of ether oxygens (including phenoxy) is 1. The molecule has 1 aliphatic heterocycles. The van der Waals surface area contributed by atoms with E-state index in [0.717, 1.165) is 34.8 Å². The summed E-state index contributed by atoms with van der Waals surface area (Å²) in [5.41, 5.74) is 7.81. The molecule has 0 bridgehead atoms. The van der Waals surface area contributed by atoms with Gasteiger partial charge in [0.1, 0.15) is 5.69 Å². The smallest absolute Gasteiger partial charge is 0.270 e. The van der Waals surface area contributed by atoms with Crippen LogP contribution in [0.15, 0.2) is 59.5 Å². The minimum absolute atomic E-state index is 0.249. The fourth-order valence-electron chi connectivity index (χ4n) is 3.26. The third-order valence-corrected chi connectivity index (χ3v) is 6.36.